The molecule has 0 aromatic heterocycles. The molecule has 0 saturated heterocycles. The zero-order valence-corrected chi connectivity index (χ0v) is 13.7. The first kappa shape index (κ1) is 18.0. The van der Waals surface area contributed by atoms with Crippen LogP contribution in [0.3, 0.4) is 0 Å². The highest BCUT2D eigenvalue weighted by Gasteiger charge is 2.14. The monoisotopic (exact) mass is 307 g/mol. The topological polar surface area (TPSA) is 79.5 Å². The normalized spacial score (nSPS) is 10.9. The van der Waals surface area contributed by atoms with Gasteiger partial charge < -0.3 is 20.7 Å². The van der Waals surface area contributed by atoms with E-state index in [-0.39, 0.29) is 23.9 Å². The Labute approximate surface area is 131 Å². The second-order valence-corrected chi connectivity index (χ2v) is 5.98. The molecule has 122 valence electrons. The number of anilines is 1. The van der Waals surface area contributed by atoms with E-state index in [1.807, 2.05) is 20.8 Å². The number of hydrogen-bond donors (Lipinski definition) is 3. The van der Waals surface area contributed by atoms with Gasteiger partial charge in [-0.05, 0) is 45.0 Å². The molecule has 0 bridgehead atoms. The van der Waals surface area contributed by atoms with E-state index in [2.05, 4.69) is 16.0 Å². The lowest BCUT2D eigenvalue weighted by Crippen LogP contribution is -2.40. The Morgan fingerprint density at radius 1 is 1.14 bits per heavy atom. The van der Waals surface area contributed by atoms with Crippen molar-refractivity contribution in [1.29, 1.82) is 0 Å². The highest BCUT2D eigenvalue weighted by molar-refractivity contribution is 5.95. The van der Waals surface area contributed by atoms with Crippen LogP contribution in [0.1, 0.15) is 31.1 Å². The quantitative estimate of drug-likeness (QED) is 0.665. The first-order chi connectivity index (χ1) is 10.3. The van der Waals surface area contributed by atoms with Crippen LogP contribution >= 0.6 is 0 Å². The smallest absolute Gasteiger partial charge is 0.251 e. The molecule has 0 saturated carbocycles. The lowest BCUT2D eigenvalue weighted by atomic mass is 10.1. The fourth-order valence-electron chi connectivity index (χ4n) is 1.69. The first-order valence-electron chi connectivity index (χ1n) is 7.24. The van der Waals surface area contributed by atoms with Gasteiger partial charge in [0.2, 0.25) is 5.91 Å². The van der Waals surface area contributed by atoms with Crippen LogP contribution in [0.25, 0.3) is 0 Å². The SMILES string of the molecule is COCCNC(=O)CNc1ccc(C(=O)NC(C)(C)C)cc1. The zero-order chi connectivity index (χ0) is 16.6. The van der Waals surface area contributed by atoms with Crippen LogP contribution in [-0.4, -0.2) is 44.2 Å². The highest BCUT2D eigenvalue weighted by atomic mass is 16.5. The Bertz CT molecular complexity index is 492. The van der Waals surface area contributed by atoms with Crippen molar-refractivity contribution in [3.05, 3.63) is 29.8 Å². The first-order valence-corrected chi connectivity index (χ1v) is 7.24. The summed E-state index contributed by atoms with van der Waals surface area (Å²) in [4.78, 5) is 23.5. The van der Waals surface area contributed by atoms with Crippen molar-refractivity contribution in [2.75, 3.05) is 32.1 Å². The van der Waals surface area contributed by atoms with E-state index in [9.17, 15) is 9.59 Å². The second kappa shape index (κ2) is 8.38. The number of rotatable bonds is 7. The maximum atomic E-state index is 12.0. The predicted octanol–water partition coefficient (Wildman–Crippen LogP) is 1.39. The molecule has 6 heteroatoms. The molecular weight excluding hydrogens is 282 g/mol. The van der Waals surface area contributed by atoms with Crippen molar-refractivity contribution < 1.29 is 14.3 Å². The number of methoxy groups -OCH3 is 1. The van der Waals surface area contributed by atoms with E-state index in [4.69, 9.17) is 4.74 Å². The van der Waals surface area contributed by atoms with Gasteiger partial charge in [-0.2, -0.15) is 0 Å². The third-order valence-corrected chi connectivity index (χ3v) is 2.72. The van der Waals surface area contributed by atoms with Gasteiger partial charge in [-0.25, -0.2) is 0 Å². The average molecular weight is 307 g/mol. The Hall–Kier alpha value is -2.08. The van der Waals surface area contributed by atoms with E-state index in [1.54, 1.807) is 31.4 Å². The lowest BCUT2D eigenvalue weighted by molar-refractivity contribution is -0.119. The molecule has 1 aromatic carbocycles. The van der Waals surface area contributed by atoms with Crippen LogP contribution in [0.15, 0.2) is 24.3 Å². The number of carbonyl (C=O) groups excluding carboxylic acids is 2. The number of carbonyl (C=O) groups is 2. The van der Waals surface area contributed by atoms with Crippen molar-refractivity contribution in [1.82, 2.24) is 10.6 Å². The molecule has 22 heavy (non-hydrogen) atoms. The third kappa shape index (κ3) is 7.08. The fourth-order valence-corrected chi connectivity index (χ4v) is 1.69. The van der Waals surface area contributed by atoms with Crippen molar-refractivity contribution >= 4 is 17.5 Å². The third-order valence-electron chi connectivity index (χ3n) is 2.72. The maximum Gasteiger partial charge on any atom is 0.251 e. The Morgan fingerprint density at radius 3 is 2.32 bits per heavy atom. The van der Waals surface area contributed by atoms with E-state index < -0.39 is 0 Å². The molecule has 1 aromatic rings. The van der Waals surface area contributed by atoms with Crippen molar-refractivity contribution in [3.8, 4) is 0 Å². The van der Waals surface area contributed by atoms with Gasteiger partial charge >= 0.3 is 0 Å². The molecule has 1 rings (SSSR count). The molecule has 0 heterocycles. The minimum absolute atomic E-state index is 0.105. The van der Waals surface area contributed by atoms with Gasteiger partial charge in [-0.1, -0.05) is 0 Å². The molecule has 0 spiro atoms. The van der Waals surface area contributed by atoms with Crippen molar-refractivity contribution in [2.45, 2.75) is 26.3 Å². The number of amides is 2. The zero-order valence-electron chi connectivity index (χ0n) is 13.7. The van der Waals surface area contributed by atoms with Gasteiger partial charge in [0.25, 0.3) is 5.91 Å². The van der Waals surface area contributed by atoms with Crippen LogP contribution in [-0.2, 0) is 9.53 Å². The molecule has 6 nitrogen and oxygen atoms in total. The minimum atomic E-state index is -0.270. The van der Waals surface area contributed by atoms with Crippen LogP contribution in [0.5, 0.6) is 0 Å². The van der Waals surface area contributed by atoms with E-state index in [0.717, 1.165) is 5.69 Å². The summed E-state index contributed by atoms with van der Waals surface area (Å²) in [5, 5.41) is 8.62. The van der Waals surface area contributed by atoms with E-state index >= 15 is 0 Å². The number of ether oxygens (including phenoxy) is 1. The molecule has 3 N–H and O–H groups in total. The average Bonchev–Trinajstić information content (AvgIpc) is 2.44. The fraction of sp³-hybridized carbons (Fsp3) is 0.500. The summed E-state index contributed by atoms with van der Waals surface area (Å²) >= 11 is 0. The molecule has 2 amide bonds. The largest absolute Gasteiger partial charge is 0.383 e. The molecular formula is C16H25N3O3. The summed E-state index contributed by atoms with van der Waals surface area (Å²) < 4.78 is 4.85. The summed E-state index contributed by atoms with van der Waals surface area (Å²) in [7, 11) is 1.59. The van der Waals surface area contributed by atoms with Crippen molar-refractivity contribution in [2.24, 2.45) is 0 Å². The summed E-state index contributed by atoms with van der Waals surface area (Å²) in [5.41, 5.74) is 1.10. The van der Waals surface area contributed by atoms with Gasteiger partial charge in [-0.15, -0.1) is 0 Å². The summed E-state index contributed by atoms with van der Waals surface area (Å²) in [6.07, 6.45) is 0. The second-order valence-electron chi connectivity index (χ2n) is 5.98. The lowest BCUT2D eigenvalue weighted by Gasteiger charge is -2.20. The highest BCUT2D eigenvalue weighted by Crippen LogP contribution is 2.10. The molecule has 0 aliphatic rings. The van der Waals surface area contributed by atoms with Gasteiger partial charge in [-0.3, -0.25) is 9.59 Å². The van der Waals surface area contributed by atoms with Gasteiger partial charge in [0.05, 0.1) is 13.2 Å². The minimum Gasteiger partial charge on any atom is -0.383 e. The van der Waals surface area contributed by atoms with Gasteiger partial charge in [0.15, 0.2) is 0 Å². The molecule has 0 fully saturated rings. The number of benzene rings is 1. The van der Waals surface area contributed by atoms with Crippen LogP contribution < -0.4 is 16.0 Å². The van der Waals surface area contributed by atoms with E-state index in [0.29, 0.717) is 18.7 Å². The Kier molecular flexibility index (Phi) is 6.85. The van der Waals surface area contributed by atoms with Gasteiger partial charge in [0, 0.05) is 30.4 Å². The Balaban J connectivity index is 2.45. The number of nitrogens with one attached hydrogen (secondary N) is 3. The molecule has 0 aliphatic carbocycles. The molecule has 0 atom stereocenters. The van der Waals surface area contributed by atoms with Crippen molar-refractivity contribution in [3.63, 3.8) is 0 Å². The number of hydrogen-bond acceptors (Lipinski definition) is 4. The Morgan fingerprint density at radius 2 is 1.77 bits per heavy atom. The van der Waals surface area contributed by atoms with E-state index in [1.165, 1.54) is 0 Å². The van der Waals surface area contributed by atoms with Crippen LogP contribution in [0.4, 0.5) is 5.69 Å². The summed E-state index contributed by atoms with van der Waals surface area (Å²) in [6, 6.07) is 7.01. The van der Waals surface area contributed by atoms with Gasteiger partial charge in [0.1, 0.15) is 0 Å². The van der Waals surface area contributed by atoms with Crippen LogP contribution in [0.2, 0.25) is 0 Å². The standard InChI is InChI=1S/C16H25N3O3/c1-16(2,3)19-15(21)12-5-7-13(8-6-12)18-11-14(20)17-9-10-22-4/h5-8,18H,9-11H2,1-4H3,(H,17,20)(H,19,21). The molecule has 0 radical (unpaired) electrons. The van der Waals surface area contributed by atoms with Crippen LogP contribution in [0, 0.1) is 0 Å². The summed E-state index contributed by atoms with van der Waals surface area (Å²) in [5.74, 6) is -0.219. The predicted molar refractivity (Wildman–Crippen MR) is 87.0 cm³/mol. The summed E-state index contributed by atoms with van der Waals surface area (Å²) in [6.45, 7) is 6.96. The maximum absolute atomic E-state index is 12.0. The molecule has 0 aliphatic heterocycles. The molecule has 0 unspecified atom stereocenters.